The van der Waals surface area contributed by atoms with E-state index in [9.17, 15) is 21.6 Å². The van der Waals surface area contributed by atoms with Gasteiger partial charge in [-0.25, -0.2) is 21.6 Å². The average molecular weight is 317 g/mol. The van der Waals surface area contributed by atoms with E-state index >= 15 is 0 Å². The molecule has 0 aromatic heterocycles. The van der Waals surface area contributed by atoms with Crippen LogP contribution in [0.2, 0.25) is 0 Å². The molecular weight excluding hydrogens is 307 g/mol. The zero-order valence-electron chi connectivity index (χ0n) is 10.5. The first-order valence-electron chi connectivity index (χ1n) is 5.70. The highest BCUT2D eigenvalue weighted by atomic mass is 32.2. The maximum atomic E-state index is 13.7. The fraction of sp³-hybridized carbons (Fsp3) is 0.0769. The van der Waals surface area contributed by atoms with E-state index in [4.69, 9.17) is 5.11 Å². The van der Waals surface area contributed by atoms with Crippen molar-refractivity contribution in [1.82, 2.24) is 0 Å². The summed E-state index contributed by atoms with van der Waals surface area (Å²) in [6, 6.07) is 5.29. The Labute approximate surface area is 118 Å². The molecule has 0 amide bonds. The van der Waals surface area contributed by atoms with Gasteiger partial charge in [-0.1, -0.05) is 6.07 Å². The number of nitrogens with one attached hydrogen (secondary N) is 1. The molecule has 0 aliphatic rings. The van der Waals surface area contributed by atoms with Crippen molar-refractivity contribution in [1.29, 1.82) is 0 Å². The Bertz CT molecular complexity index is 778. The molecule has 0 spiro atoms. The number of aliphatic hydroxyl groups is 1. The molecule has 0 fully saturated rings. The van der Waals surface area contributed by atoms with Crippen LogP contribution in [0, 0.1) is 17.5 Å². The molecule has 0 saturated carbocycles. The number of hydrogen-bond donors (Lipinski definition) is 2. The van der Waals surface area contributed by atoms with Crippen LogP contribution in [0.4, 0.5) is 18.9 Å². The summed E-state index contributed by atoms with van der Waals surface area (Å²) in [7, 11) is -4.37. The number of hydrogen-bond acceptors (Lipinski definition) is 3. The van der Waals surface area contributed by atoms with Crippen LogP contribution in [-0.4, -0.2) is 13.5 Å². The molecule has 2 aromatic carbocycles. The lowest BCUT2D eigenvalue weighted by Gasteiger charge is -2.10. The van der Waals surface area contributed by atoms with Gasteiger partial charge in [-0.3, -0.25) is 4.72 Å². The van der Waals surface area contributed by atoms with Crippen molar-refractivity contribution in [3.8, 4) is 0 Å². The predicted octanol–water partition coefficient (Wildman–Crippen LogP) is 2.40. The third-order valence-electron chi connectivity index (χ3n) is 2.64. The normalized spacial score (nSPS) is 11.4. The van der Waals surface area contributed by atoms with Gasteiger partial charge in [0.2, 0.25) is 0 Å². The second-order valence-corrected chi connectivity index (χ2v) is 5.80. The lowest BCUT2D eigenvalue weighted by Crippen LogP contribution is -2.15. The molecule has 21 heavy (non-hydrogen) atoms. The summed E-state index contributed by atoms with van der Waals surface area (Å²) in [5.74, 6) is -3.07. The molecule has 0 unspecified atom stereocenters. The number of aliphatic hydroxyl groups excluding tert-OH is 1. The summed E-state index contributed by atoms with van der Waals surface area (Å²) in [5.41, 5.74) is -0.304. The first kappa shape index (κ1) is 15.3. The molecule has 2 aromatic rings. The number of anilines is 1. The smallest absolute Gasteiger partial charge is 0.264 e. The molecule has 0 bridgehead atoms. The molecule has 4 nitrogen and oxygen atoms in total. The summed E-state index contributed by atoms with van der Waals surface area (Å²) in [6.07, 6.45) is 0. The molecule has 0 saturated heterocycles. The van der Waals surface area contributed by atoms with E-state index in [1.165, 1.54) is 6.07 Å². The topological polar surface area (TPSA) is 66.4 Å². The quantitative estimate of drug-likeness (QED) is 0.910. The van der Waals surface area contributed by atoms with E-state index in [0.29, 0.717) is 6.07 Å². The summed E-state index contributed by atoms with van der Waals surface area (Å²) in [5, 5.41) is 8.84. The van der Waals surface area contributed by atoms with Crippen LogP contribution in [-0.2, 0) is 16.6 Å². The molecular formula is C13H10F3NO3S. The van der Waals surface area contributed by atoms with Crippen LogP contribution in [0.5, 0.6) is 0 Å². The highest BCUT2D eigenvalue weighted by Crippen LogP contribution is 2.22. The molecule has 8 heteroatoms. The largest absolute Gasteiger partial charge is 0.392 e. The van der Waals surface area contributed by atoms with E-state index < -0.39 is 44.7 Å². The van der Waals surface area contributed by atoms with Crippen molar-refractivity contribution >= 4 is 15.7 Å². The van der Waals surface area contributed by atoms with Gasteiger partial charge in [-0.05, 0) is 29.8 Å². The maximum absolute atomic E-state index is 13.7. The summed E-state index contributed by atoms with van der Waals surface area (Å²) in [4.78, 5) is -0.705. The molecule has 2 rings (SSSR count). The Hall–Kier alpha value is -2.06. The van der Waals surface area contributed by atoms with Gasteiger partial charge < -0.3 is 5.11 Å². The summed E-state index contributed by atoms with van der Waals surface area (Å²) in [6.45, 7) is -0.447. The molecule has 0 atom stereocenters. The van der Waals surface area contributed by atoms with Gasteiger partial charge in [0.15, 0.2) is 0 Å². The first-order chi connectivity index (χ1) is 9.83. The number of sulfonamides is 1. The van der Waals surface area contributed by atoms with E-state index in [0.717, 1.165) is 24.3 Å². The number of benzene rings is 2. The summed E-state index contributed by atoms with van der Waals surface area (Å²) >= 11 is 0. The standard InChI is InChI=1S/C13H10F3NO3S/c14-9-2-3-12(10(15)6-9)17-21(19,20)13-4-1-8(7-18)5-11(13)16/h1-6,17-18H,7H2. The van der Waals surface area contributed by atoms with Gasteiger partial charge in [0.1, 0.15) is 22.3 Å². The van der Waals surface area contributed by atoms with Crippen molar-refractivity contribution in [2.24, 2.45) is 0 Å². The average Bonchev–Trinajstić information content (AvgIpc) is 2.41. The van der Waals surface area contributed by atoms with Crippen molar-refractivity contribution in [3.05, 3.63) is 59.4 Å². The van der Waals surface area contributed by atoms with Gasteiger partial charge >= 0.3 is 0 Å². The van der Waals surface area contributed by atoms with Crippen molar-refractivity contribution in [2.75, 3.05) is 4.72 Å². The van der Waals surface area contributed by atoms with E-state index in [1.54, 1.807) is 0 Å². The predicted molar refractivity (Wildman–Crippen MR) is 69.5 cm³/mol. The Balaban J connectivity index is 2.38. The van der Waals surface area contributed by atoms with Crippen LogP contribution in [0.15, 0.2) is 41.3 Å². The van der Waals surface area contributed by atoms with Crippen LogP contribution < -0.4 is 4.72 Å². The van der Waals surface area contributed by atoms with Crippen molar-refractivity contribution in [2.45, 2.75) is 11.5 Å². The minimum Gasteiger partial charge on any atom is -0.392 e. The molecule has 0 aliphatic carbocycles. The van der Waals surface area contributed by atoms with E-state index in [-0.39, 0.29) is 5.56 Å². The second kappa shape index (κ2) is 5.74. The van der Waals surface area contributed by atoms with Gasteiger partial charge in [0, 0.05) is 6.07 Å². The lowest BCUT2D eigenvalue weighted by atomic mass is 10.2. The number of rotatable bonds is 4. The van der Waals surface area contributed by atoms with Gasteiger partial charge in [0.05, 0.1) is 12.3 Å². The highest BCUT2D eigenvalue weighted by molar-refractivity contribution is 7.92. The SMILES string of the molecule is O=S(=O)(Nc1ccc(F)cc1F)c1ccc(CO)cc1F. The molecule has 0 heterocycles. The van der Waals surface area contributed by atoms with Crippen LogP contribution >= 0.6 is 0 Å². The van der Waals surface area contributed by atoms with Crippen molar-refractivity contribution < 1.29 is 26.7 Å². The van der Waals surface area contributed by atoms with Gasteiger partial charge in [0.25, 0.3) is 10.0 Å². The first-order valence-corrected chi connectivity index (χ1v) is 7.19. The third kappa shape index (κ3) is 3.34. The second-order valence-electron chi connectivity index (χ2n) is 4.15. The zero-order valence-corrected chi connectivity index (χ0v) is 11.3. The highest BCUT2D eigenvalue weighted by Gasteiger charge is 2.21. The maximum Gasteiger partial charge on any atom is 0.264 e. The minimum atomic E-state index is -4.37. The monoisotopic (exact) mass is 317 g/mol. The Morgan fingerprint density at radius 3 is 2.29 bits per heavy atom. The van der Waals surface area contributed by atoms with Crippen LogP contribution in [0.1, 0.15) is 5.56 Å². The zero-order chi connectivity index (χ0) is 15.6. The summed E-state index contributed by atoms with van der Waals surface area (Å²) < 4.78 is 65.7. The van der Waals surface area contributed by atoms with Crippen LogP contribution in [0.3, 0.4) is 0 Å². The Morgan fingerprint density at radius 1 is 1.00 bits per heavy atom. The van der Waals surface area contributed by atoms with E-state index in [1.807, 2.05) is 4.72 Å². The minimum absolute atomic E-state index is 0.194. The van der Waals surface area contributed by atoms with Crippen molar-refractivity contribution in [3.63, 3.8) is 0 Å². The van der Waals surface area contributed by atoms with Gasteiger partial charge in [-0.2, -0.15) is 0 Å². The Morgan fingerprint density at radius 2 is 1.71 bits per heavy atom. The third-order valence-corrected chi connectivity index (χ3v) is 4.04. The lowest BCUT2D eigenvalue weighted by molar-refractivity contribution is 0.281. The molecule has 0 radical (unpaired) electrons. The number of halogens is 3. The fourth-order valence-electron chi connectivity index (χ4n) is 1.63. The Kier molecular flexibility index (Phi) is 4.19. The fourth-order valence-corrected chi connectivity index (χ4v) is 2.76. The molecule has 112 valence electrons. The van der Waals surface area contributed by atoms with Gasteiger partial charge in [-0.15, -0.1) is 0 Å². The van der Waals surface area contributed by atoms with Crippen LogP contribution in [0.25, 0.3) is 0 Å². The molecule has 0 aliphatic heterocycles. The molecule has 2 N–H and O–H groups in total. The van der Waals surface area contributed by atoms with E-state index in [2.05, 4.69) is 0 Å².